The highest BCUT2D eigenvalue weighted by atomic mass is 35.5. The molecular weight excluding hydrogens is 328 g/mol. The fourth-order valence-corrected chi connectivity index (χ4v) is 4.03. The number of nitrogens with zero attached hydrogens (tertiary/aromatic N) is 1. The minimum atomic E-state index is -3.85. The predicted octanol–water partition coefficient (Wildman–Crippen LogP) is 2.79. The summed E-state index contributed by atoms with van der Waals surface area (Å²) in [5, 5.41) is -0.687. The van der Waals surface area contributed by atoms with E-state index in [1.54, 1.807) is 0 Å². The van der Waals surface area contributed by atoms with Gasteiger partial charge < -0.3 is 4.74 Å². The molecular formula is C12H14Cl2FNO3S. The van der Waals surface area contributed by atoms with Crippen LogP contribution in [0.25, 0.3) is 0 Å². The standard InChI is InChI=1S/C12H14Cl2FNO3S/c1-16(6-8-4-5-19-7-8)20(17,18)10-3-2-9(13)12(15)11(10)14/h2-3,8H,4-7H2,1H3/t8-/m1/s1. The van der Waals surface area contributed by atoms with Crippen LogP contribution in [0.1, 0.15) is 6.42 Å². The molecule has 0 bridgehead atoms. The largest absolute Gasteiger partial charge is 0.381 e. The van der Waals surface area contributed by atoms with Crippen molar-refractivity contribution in [3.05, 3.63) is 28.0 Å². The minimum Gasteiger partial charge on any atom is -0.381 e. The number of rotatable bonds is 4. The molecule has 0 aromatic heterocycles. The van der Waals surface area contributed by atoms with Gasteiger partial charge in [0.25, 0.3) is 0 Å². The summed E-state index contributed by atoms with van der Waals surface area (Å²) < 4.78 is 44.8. The van der Waals surface area contributed by atoms with E-state index in [-0.39, 0.29) is 15.8 Å². The first-order valence-corrected chi connectivity index (χ1v) is 8.21. The van der Waals surface area contributed by atoms with Gasteiger partial charge in [0.05, 0.1) is 16.7 Å². The number of halogens is 3. The molecule has 1 fully saturated rings. The molecule has 0 amide bonds. The fourth-order valence-electron chi connectivity index (χ4n) is 2.06. The average Bonchev–Trinajstić information content (AvgIpc) is 2.88. The van der Waals surface area contributed by atoms with E-state index in [4.69, 9.17) is 27.9 Å². The summed E-state index contributed by atoms with van der Waals surface area (Å²) in [7, 11) is -2.41. The molecule has 1 atom stereocenters. The van der Waals surface area contributed by atoms with E-state index < -0.39 is 20.9 Å². The van der Waals surface area contributed by atoms with Gasteiger partial charge in [-0.05, 0) is 24.5 Å². The Balaban J connectivity index is 2.27. The zero-order valence-corrected chi connectivity index (χ0v) is 13.1. The number of sulfonamides is 1. The summed E-state index contributed by atoms with van der Waals surface area (Å²) in [5.41, 5.74) is 0. The Morgan fingerprint density at radius 2 is 2.15 bits per heavy atom. The summed E-state index contributed by atoms with van der Waals surface area (Å²) in [5.74, 6) is -0.780. The van der Waals surface area contributed by atoms with Crippen LogP contribution in [-0.2, 0) is 14.8 Å². The van der Waals surface area contributed by atoms with Crippen molar-refractivity contribution >= 4 is 33.2 Å². The minimum absolute atomic E-state index is 0.144. The molecule has 0 unspecified atom stereocenters. The second-order valence-electron chi connectivity index (χ2n) is 4.69. The first-order valence-electron chi connectivity index (χ1n) is 6.01. The number of ether oxygens (including phenoxy) is 1. The molecule has 1 aromatic rings. The lowest BCUT2D eigenvalue weighted by atomic mass is 10.1. The van der Waals surface area contributed by atoms with Gasteiger partial charge >= 0.3 is 0 Å². The molecule has 1 aliphatic heterocycles. The van der Waals surface area contributed by atoms with E-state index >= 15 is 0 Å². The molecule has 1 aliphatic rings. The van der Waals surface area contributed by atoms with Gasteiger partial charge in [-0.1, -0.05) is 23.2 Å². The van der Waals surface area contributed by atoms with Crippen molar-refractivity contribution in [1.29, 1.82) is 0 Å². The van der Waals surface area contributed by atoms with E-state index in [0.29, 0.717) is 19.8 Å². The molecule has 0 aliphatic carbocycles. The Kier molecular flexibility index (Phi) is 4.92. The topological polar surface area (TPSA) is 46.6 Å². The Hall–Kier alpha value is -0.400. The Morgan fingerprint density at radius 1 is 1.45 bits per heavy atom. The van der Waals surface area contributed by atoms with Crippen molar-refractivity contribution in [3.63, 3.8) is 0 Å². The SMILES string of the molecule is CN(C[C@H]1CCOC1)S(=O)(=O)c1ccc(Cl)c(F)c1Cl. The molecule has 1 aromatic carbocycles. The first-order chi connectivity index (χ1) is 9.34. The van der Waals surface area contributed by atoms with Gasteiger partial charge in [0, 0.05) is 20.2 Å². The number of benzene rings is 1. The smallest absolute Gasteiger partial charge is 0.244 e. The molecule has 0 N–H and O–H groups in total. The van der Waals surface area contributed by atoms with Crippen LogP contribution in [0.15, 0.2) is 17.0 Å². The summed E-state index contributed by atoms with van der Waals surface area (Å²) in [6.45, 7) is 1.47. The lowest BCUT2D eigenvalue weighted by molar-refractivity contribution is 0.182. The van der Waals surface area contributed by atoms with Crippen molar-refractivity contribution in [2.24, 2.45) is 5.92 Å². The maximum atomic E-state index is 13.6. The van der Waals surface area contributed by atoms with E-state index in [1.165, 1.54) is 23.5 Å². The zero-order valence-electron chi connectivity index (χ0n) is 10.8. The van der Waals surface area contributed by atoms with Crippen LogP contribution in [0, 0.1) is 11.7 Å². The quantitative estimate of drug-likeness (QED) is 0.791. The normalized spacial score (nSPS) is 19.8. The molecule has 112 valence electrons. The first kappa shape index (κ1) is 16.0. The highest BCUT2D eigenvalue weighted by Gasteiger charge is 2.29. The molecule has 0 saturated carbocycles. The van der Waals surface area contributed by atoms with Crippen LogP contribution in [0.3, 0.4) is 0 Å². The van der Waals surface area contributed by atoms with Gasteiger partial charge in [-0.3, -0.25) is 0 Å². The van der Waals surface area contributed by atoms with Gasteiger partial charge in [-0.2, -0.15) is 0 Å². The lowest BCUT2D eigenvalue weighted by Gasteiger charge is -2.20. The maximum Gasteiger partial charge on any atom is 0.244 e. The van der Waals surface area contributed by atoms with Gasteiger partial charge in [0.1, 0.15) is 4.90 Å². The Labute approximate surface area is 127 Å². The van der Waals surface area contributed by atoms with Crippen molar-refractivity contribution in [1.82, 2.24) is 4.31 Å². The lowest BCUT2D eigenvalue weighted by Crippen LogP contribution is -2.32. The third-order valence-electron chi connectivity index (χ3n) is 3.23. The van der Waals surface area contributed by atoms with Gasteiger partial charge in [0.2, 0.25) is 10.0 Å². The fraction of sp³-hybridized carbons (Fsp3) is 0.500. The molecule has 1 saturated heterocycles. The maximum absolute atomic E-state index is 13.6. The van der Waals surface area contributed by atoms with Crippen LogP contribution < -0.4 is 0 Å². The predicted molar refractivity (Wildman–Crippen MR) is 75.2 cm³/mol. The summed E-state index contributed by atoms with van der Waals surface area (Å²) >= 11 is 11.3. The summed E-state index contributed by atoms with van der Waals surface area (Å²) in [4.78, 5) is -0.275. The van der Waals surface area contributed by atoms with Gasteiger partial charge in [0.15, 0.2) is 5.82 Å². The van der Waals surface area contributed by atoms with E-state index in [0.717, 1.165) is 6.42 Å². The summed E-state index contributed by atoms with van der Waals surface area (Å²) in [6.07, 6.45) is 0.808. The molecule has 20 heavy (non-hydrogen) atoms. The monoisotopic (exact) mass is 341 g/mol. The Morgan fingerprint density at radius 3 is 2.75 bits per heavy atom. The third-order valence-corrected chi connectivity index (χ3v) is 5.87. The van der Waals surface area contributed by atoms with Crippen LogP contribution >= 0.6 is 23.2 Å². The number of hydrogen-bond acceptors (Lipinski definition) is 3. The van der Waals surface area contributed by atoms with Crippen molar-refractivity contribution in [2.75, 3.05) is 26.8 Å². The van der Waals surface area contributed by atoms with Crippen molar-refractivity contribution < 1.29 is 17.5 Å². The van der Waals surface area contributed by atoms with E-state index in [2.05, 4.69) is 0 Å². The summed E-state index contributed by atoms with van der Waals surface area (Å²) in [6, 6.07) is 2.40. The van der Waals surface area contributed by atoms with Crippen LogP contribution in [0.5, 0.6) is 0 Å². The van der Waals surface area contributed by atoms with Crippen molar-refractivity contribution in [2.45, 2.75) is 11.3 Å². The molecule has 4 nitrogen and oxygen atoms in total. The molecule has 0 spiro atoms. The van der Waals surface area contributed by atoms with Crippen LogP contribution in [-0.4, -0.2) is 39.5 Å². The van der Waals surface area contributed by atoms with Crippen LogP contribution in [0.4, 0.5) is 4.39 Å². The number of hydrogen-bond donors (Lipinski definition) is 0. The molecule has 2 rings (SSSR count). The van der Waals surface area contributed by atoms with Crippen molar-refractivity contribution in [3.8, 4) is 0 Å². The average molecular weight is 342 g/mol. The third kappa shape index (κ3) is 3.09. The van der Waals surface area contributed by atoms with E-state index in [9.17, 15) is 12.8 Å². The zero-order chi connectivity index (χ0) is 14.9. The van der Waals surface area contributed by atoms with Gasteiger partial charge in [-0.15, -0.1) is 0 Å². The highest BCUT2D eigenvalue weighted by Crippen LogP contribution is 2.31. The molecule has 0 radical (unpaired) electrons. The second-order valence-corrected chi connectivity index (χ2v) is 7.49. The van der Waals surface area contributed by atoms with Crippen LogP contribution in [0.2, 0.25) is 10.0 Å². The Bertz CT molecular complexity index is 603. The molecule has 1 heterocycles. The highest BCUT2D eigenvalue weighted by molar-refractivity contribution is 7.89. The second kappa shape index (κ2) is 6.15. The van der Waals surface area contributed by atoms with E-state index in [1.807, 2.05) is 0 Å². The van der Waals surface area contributed by atoms with Gasteiger partial charge in [-0.25, -0.2) is 17.1 Å². The molecule has 8 heteroatoms.